The first kappa shape index (κ1) is 17.3. The van der Waals surface area contributed by atoms with Gasteiger partial charge in [0.1, 0.15) is 5.82 Å². The van der Waals surface area contributed by atoms with Crippen LogP contribution in [0.1, 0.15) is 11.1 Å². The molecule has 0 aromatic heterocycles. The fourth-order valence-corrected chi connectivity index (χ4v) is 4.61. The number of halogens is 5. The average molecular weight is 455 g/mol. The van der Waals surface area contributed by atoms with Crippen LogP contribution in [0.2, 0.25) is 10.0 Å². The molecule has 0 amide bonds. The zero-order chi connectivity index (χ0) is 15.5. The molecular formula is C16H13Br2Cl2F. The minimum atomic E-state index is -0.295. The lowest BCUT2D eigenvalue weighted by molar-refractivity contribution is 0.523. The molecule has 112 valence electrons. The van der Waals surface area contributed by atoms with E-state index in [0.29, 0.717) is 32.7 Å². The second-order valence-corrected chi connectivity index (χ2v) is 6.96. The smallest absolute Gasteiger partial charge is 0.126 e. The number of alkyl halides is 2. The molecule has 0 saturated heterocycles. The molecule has 0 fully saturated rings. The van der Waals surface area contributed by atoms with Crippen molar-refractivity contribution in [2.45, 2.75) is 11.8 Å². The SMILES string of the molecule is Fc1ccc(Cl)cc1CC(CBr)(CBr)c1cccc(Cl)c1. The second kappa shape index (κ2) is 7.45. The van der Waals surface area contributed by atoms with Gasteiger partial charge >= 0.3 is 0 Å². The Balaban J connectivity index is 2.45. The summed E-state index contributed by atoms with van der Waals surface area (Å²) < 4.78 is 14.1. The van der Waals surface area contributed by atoms with Crippen LogP contribution in [0.3, 0.4) is 0 Å². The molecule has 0 aliphatic rings. The van der Waals surface area contributed by atoms with Crippen molar-refractivity contribution in [3.05, 3.63) is 69.5 Å². The summed E-state index contributed by atoms with van der Waals surface area (Å²) in [7, 11) is 0. The molecule has 0 radical (unpaired) electrons. The van der Waals surface area contributed by atoms with Crippen LogP contribution < -0.4 is 0 Å². The van der Waals surface area contributed by atoms with Crippen LogP contribution in [-0.2, 0) is 11.8 Å². The summed E-state index contributed by atoms with van der Waals surface area (Å²) in [5, 5.41) is 2.57. The molecule has 0 atom stereocenters. The van der Waals surface area contributed by atoms with Gasteiger partial charge in [-0.3, -0.25) is 0 Å². The molecule has 0 nitrogen and oxygen atoms in total. The Labute approximate surface area is 150 Å². The second-order valence-electron chi connectivity index (χ2n) is 4.97. The summed E-state index contributed by atoms with van der Waals surface area (Å²) in [5.41, 5.74) is 1.36. The van der Waals surface area contributed by atoms with Crippen molar-refractivity contribution >= 4 is 55.1 Å². The highest BCUT2D eigenvalue weighted by molar-refractivity contribution is 9.09. The number of hydrogen-bond donors (Lipinski definition) is 0. The maximum absolute atomic E-state index is 14.1. The summed E-state index contributed by atoms with van der Waals surface area (Å²) in [6, 6.07) is 12.3. The number of benzene rings is 2. The molecule has 0 bridgehead atoms. The zero-order valence-electron chi connectivity index (χ0n) is 11.1. The van der Waals surface area contributed by atoms with Gasteiger partial charge in [0.25, 0.3) is 0 Å². The molecule has 2 aromatic rings. The fourth-order valence-electron chi connectivity index (χ4n) is 2.25. The van der Waals surface area contributed by atoms with Crippen LogP contribution in [0.25, 0.3) is 0 Å². The normalized spacial score (nSPS) is 11.7. The molecule has 2 aromatic carbocycles. The van der Waals surface area contributed by atoms with Gasteiger partial charge in [0.05, 0.1) is 0 Å². The molecule has 21 heavy (non-hydrogen) atoms. The van der Waals surface area contributed by atoms with E-state index in [2.05, 4.69) is 31.9 Å². The van der Waals surface area contributed by atoms with Gasteiger partial charge in [-0.05, 0) is 47.9 Å². The van der Waals surface area contributed by atoms with Crippen LogP contribution in [-0.4, -0.2) is 10.7 Å². The van der Waals surface area contributed by atoms with Gasteiger partial charge in [0.15, 0.2) is 0 Å². The van der Waals surface area contributed by atoms with Crippen molar-refractivity contribution in [2.24, 2.45) is 0 Å². The lowest BCUT2D eigenvalue weighted by atomic mass is 9.79. The van der Waals surface area contributed by atoms with Crippen LogP contribution in [0, 0.1) is 5.82 Å². The highest BCUT2D eigenvalue weighted by atomic mass is 79.9. The first-order valence-corrected chi connectivity index (χ1v) is 9.32. The minimum Gasteiger partial charge on any atom is -0.207 e. The lowest BCUT2D eigenvalue weighted by Gasteiger charge is -2.31. The van der Waals surface area contributed by atoms with E-state index in [9.17, 15) is 4.39 Å². The first-order chi connectivity index (χ1) is 10.0. The molecule has 0 saturated carbocycles. The molecular weight excluding hydrogens is 442 g/mol. The summed E-state index contributed by atoms with van der Waals surface area (Å²) >= 11 is 19.2. The Hall–Kier alpha value is -0.0900. The minimum absolute atomic E-state index is 0.243. The molecule has 2 rings (SSSR count). The van der Waals surface area contributed by atoms with Crippen LogP contribution in [0.15, 0.2) is 42.5 Å². The van der Waals surface area contributed by atoms with Gasteiger partial charge in [0, 0.05) is 26.1 Å². The maximum Gasteiger partial charge on any atom is 0.126 e. The summed E-state index contributed by atoms with van der Waals surface area (Å²) in [6.45, 7) is 0. The van der Waals surface area contributed by atoms with E-state index in [4.69, 9.17) is 23.2 Å². The zero-order valence-corrected chi connectivity index (χ0v) is 15.7. The van der Waals surface area contributed by atoms with Gasteiger partial charge in [-0.2, -0.15) is 0 Å². The van der Waals surface area contributed by atoms with E-state index in [0.717, 1.165) is 5.56 Å². The summed E-state index contributed by atoms with van der Waals surface area (Å²) in [4.78, 5) is 0. The lowest BCUT2D eigenvalue weighted by Crippen LogP contribution is -2.33. The standard InChI is InChI=1S/C16H13Br2Cl2F/c17-9-16(10-18,12-2-1-3-13(19)7-12)8-11-6-14(20)4-5-15(11)21/h1-7H,8-10H2. The van der Waals surface area contributed by atoms with Crippen LogP contribution in [0.5, 0.6) is 0 Å². The summed E-state index contributed by atoms with van der Waals surface area (Å²) in [5.74, 6) is -0.243. The molecule has 0 unspecified atom stereocenters. The third kappa shape index (κ3) is 4.01. The predicted octanol–water partition coefficient (Wildman–Crippen LogP) is 6.40. The molecule has 0 aliphatic heterocycles. The van der Waals surface area contributed by atoms with Gasteiger partial charge in [0.2, 0.25) is 0 Å². The van der Waals surface area contributed by atoms with Crippen molar-refractivity contribution in [3.63, 3.8) is 0 Å². The first-order valence-electron chi connectivity index (χ1n) is 6.33. The van der Waals surface area contributed by atoms with Crippen LogP contribution >= 0.6 is 55.1 Å². The van der Waals surface area contributed by atoms with E-state index < -0.39 is 0 Å². The van der Waals surface area contributed by atoms with Gasteiger partial charge in [-0.1, -0.05) is 67.2 Å². The predicted molar refractivity (Wildman–Crippen MR) is 95.8 cm³/mol. The molecule has 0 aliphatic carbocycles. The monoisotopic (exact) mass is 452 g/mol. The fraction of sp³-hybridized carbons (Fsp3) is 0.250. The molecule has 0 heterocycles. The number of hydrogen-bond acceptors (Lipinski definition) is 0. The van der Waals surface area contributed by atoms with Gasteiger partial charge in [-0.25, -0.2) is 4.39 Å². The van der Waals surface area contributed by atoms with E-state index in [1.807, 2.05) is 24.3 Å². The Morgan fingerprint density at radius 2 is 1.62 bits per heavy atom. The molecule has 0 N–H and O–H groups in total. The Kier molecular flexibility index (Phi) is 6.13. The van der Waals surface area contributed by atoms with Crippen molar-refractivity contribution in [2.75, 3.05) is 10.7 Å². The van der Waals surface area contributed by atoms with Gasteiger partial charge < -0.3 is 0 Å². The van der Waals surface area contributed by atoms with Crippen molar-refractivity contribution in [1.29, 1.82) is 0 Å². The Bertz CT molecular complexity index is 627. The highest BCUT2D eigenvalue weighted by Crippen LogP contribution is 2.35. The van der Waals surface area contributed by atoms with E-state index in [-0.39, 0.29) is 11.2 Å². The molecule has 5 heteroatoms. The maximum atomic E-state index is 14.1. The highest BCUT2D eigenvalue weighted by Gasteiger charge is 2.31. The van der Waals surface area contributed by atoms with Crippen LogP contribution in [0.4, 0.5) is 4.39 Å². The average Bonchev–Trinajstić information content (AvgIpc) is 2.48. The van der Waals surface area contributed by atoms with Gasteiger partial charge in [-0.15, -0.1) is 0 Å². The van der Waals surface area contributed by atoms with Crippen molar-refractivity contribution in [3.8, 4) is 0 Å². The third-order valence-electron chi connectivity index (χ3n) is 3.49. The van der Waals surface area contributed by atoms with Crippen molar-refractivity contribution < 1.29 is 4.39 Å². The Morgan fingerprint density at radius 1 is 0.952 bits per heavy atom. The van der Waals surface area contributed by atoms with E-state index in [1.54, 1.807) is 12.1 Å². The van der Waals surface area contributed by atoms with E-state index >= 15 is 0 Å². The topological polar surface area (TPSA) is 0 Å². The quantitative estimate of drug-likeness (QED) is 0.458. The third-order valence-corrected chi connectivity index (χ3v) is 6.10. The summed E-state index contributed by atoms with van der Waals surface area (Å²) in [6.07, 6.45) is 0.524. The molecule has 0 spiro atoms. The number of rotatable bonds is 5. The Morgan fingerprint density at radius 3 is 2.24 bits per heavy atom. The largest absolute Gasteiger partial charge is 0.207 e. The van der Waals surface area contributed by atoms with E-state index in [1.165, 1.54) is 6.07 Å². The van der Waals surface area contributed by atoms with Crippen molar-refractivity contribution in [1.82, 2.24) is 0 Å².